The molecular formula is C6H18N2Si. The van der Waals surface area contributed by atoms with E-state index in [-0.39, 0.29) is 0 Å². The Balaban J connectivity index is 4.01. The van der Waals surface area contributed by atoms with E-state index >= 15 is 0 Å². The van der Waals surface area contributed by atoms with Crippen LogP contribution in [0.25, 0.3) is 0 Å². The number of hydrogen-bond acceptors (Lipinski definition) is 2. The molecule has 9 heavy (non-hydrogen) atoms. The Morgan fingerprint density at radius 2 is 1.11 bits per heavy atom. The van der Waals surface area contributed by atoms with Crippen molar-refractivity contribution in [3.63, 3.8) is 0 Å². The summed E-state index contributed by atoms with van der Waals surface area (Å²) in [4.78, 5) is 0. The lowest BCUT2D eigenvalue weighted by molar-refractivity contribution is 0.880. The van der Waals surface area contributed by atoms with E-state index in [1.165, 1.54) is 0 Å². The molecule has 0 fully saturated rings. The van der Waals surface area contributed by atoms with Crippen LogP contribution in [0.15, 0.2) is 0 Å². The zero-order valence-corrected chi connectivity index (χ0v) is 7.81. The molecule has 0 aliphatic rings. The van der Waals surface area contributed by atoms with Crippen molar-refractivity contribution in [3.05, 3.63) is 0 Å². The fourth-order valence-corrected chi connectivity index (χ4v) is 2.00. The lowest BCUT2D eigenvalue weighted by Crippen LogP contribution is -2.60. The van der Waals surface area contributed by atoms with Gasteiger partial charge in [0.2, 0.25) is 8.40 Å². The molecule has 0 aromatic heterocycles. The first-order valence-corrected chi connectivity index (χ1v) is 5.77. The first-order valence-electron chi connectivity index (χ1n) is 3.46. The highest BCUT2D eigenvalue weighted by molar-refractivity contribution is 6.76. The minimum absolute atomic E-state index is 0.484. The molecule has 0 amide bonds. The van der Waals surface area contributed by atoms with Gasteiger partial charge in [-0.1, -0.05) is 27.7 Å². The molecule has 2 nitrogen and oxygen atoms in total. The quantitative estimate of drug-likeness (QED) is 0.574. The summed E-state index contributed by atoms with van der Waals surface area (Å²) in [6.07, 6.45) is 0. The summed E-state index contributed by atoms with van der Waals surface area (Å²) < 4.78 is 0. The molecule has 0 heterocycles. The van der Waals surface area contributed by atoms with Crippen LogP contribution in [0.1, 0.15) is 27.7 Å². The van der Waals surface area contributed by atoms with Crippen LogP contribution in [-0.4, -0.2) is 8.40 Å². The van der Waals surface area contributed by atoms with E-state index in [0.29, 0.717) is 11.1 Å². The van der Waals surface area contributed by atoms with E-state index < -0.39 is 8.40 Å². The van der Waals surface area contributed by atoms with Gasteiger partial charge in [0.25, 0.3) is 0 Å². The van der Waals surface area contributed by atoms with E-state index in [1.807, 2.05) is 0 Å². The molecule has 0 saturated heterocycles. The van der Waals surface area contributed by atoms with Crippen molar-refractivity contribution >= 4 is 8.40 Å². The molecule has 4 N–H and O–H groups in total. The van der Waals surface area contributed by atoms with Gasteiger partial charge in [-0.05, 0) is 11.1 Å². The fraction of sp³-hybridized carbons (Fsp3) is 1.00. The van der Waals surface area contributed by atoms with Crippen molar-refractivity contribution in [2.75, 3.05) is 0 Å². The SMILES string of the molecule is CC(C)[Si](N)(N)C(C)C. The second-order valence-corrected chi connectivity index (χ2v) is 7.62. The third-order valence-corrected chi connectivity index (χ3v) is 6.00. The maximum atomic E-state index is 5.92. The summed E-state index contributed by atoms with van der Waals surface area (Å²) in [7, 11) is -1.86. The number of rotatable bonds is 2. The highest BCUT2D eigenvalue weighted by atomic mass is 28.3. The topological polar surface area (TPSA) is 52.0 Å². The first kappa shape index (κ1) is 9.14. The van der Waals surface area contributed by atoms with Gasteiger partial charge in [-0.15, -0.1) is 0 Å². The lowest BCUT2D eigenvalue weighted by Gasteiger charge is -2.29. The summed E-state index contributed by atoms with van der Waals surface area (Å²) in [6.45, 7) is 8.41. The normalized spacial score (nSPS) is 13.3. The van der Waals surface area contributed by atoms with Gasteiger partial charge in [0.05, 0.1) is 0 Å². The fourth-order valence-electron chi connectivity index (χ4n) is 0.667. The smallest absolute Gasteiger partial charge is 0.201 e. The minimum Gasteiger partial charge on any atom is -0.339 e. The van der Waals surface area contributed by atoms with Crippen molar-refractivity contribution in [2.24, 2.45) is 10.8 Å². The van der Waals surface area contributed by atoms with Gasteiger partial charge < -0.3 is 10.8 Å². The molecule has 0 atom stereocenters. The molecule has 0 aliphatic carbocycles. The predicted octanol–water partition coefficient (Wildman–Crippen LogP) is 1.17. The monoisotopic (exact) mass is 146 g/mol. The molecular weight excluding hydrogens is 128 g/mol. The van der Waals surface area contributed by atoms with Crippen molar-refractivity contribution in [2.45, 2.75) is 38.8 Å². The molecule has 0 aliphatic heterocycles. The molecule has 3 heteroatoms. The number of hydrogen-bond donors (Lipinski definition) is 2. The summed E-state index contributed by atoms with van der Waals surface area (Å²) in [5.74, 6) is 0. The largest absolute Gasteiger partial charge is 0.339 e. The zero-order chi connectivity index (χ0) is 7.65. The summed E-state index contributed by atoms with van der Waals surface area (Å²) in [5, 5.41) is 11.8. The highest BCUT2D eigenvalue weighted by Gasteiger charge is 2.31. The molecule has 0 aromatic rings. The summed E-state index contributed by atoms with van der Waals surface area (Å²) >= 11 is 0. The maximum absolute atomic E-state index is 5.92. The van der Waals surface area contributed by atoms with Crippen molar-refractivity contribution < 1.29 is 0 Å². The Hall–Kier alpha value is 0.137. The van der Waals surface area contributed by atoms with E-state index in [2.05, 4.69) is 27.7 Å². The van der Waals surface area contributed by atoms with E-state index in [1.54, 1.807) is 0 Å². The van der Waals surface area contributed by atoms with Gasteiger partial charge in [0.15, 0.2) is 0 Å². The molecule has 0 saturated carbocycles. The van der Waals surface area contributed by atoms with Crippen molar-refractivity contribution in [3.8, 4) is 0 Å². The standard InChI is InChI=1S/C6H18N2Si/c1-5(2)9(7,8)6(3)4/h5-6H,7-8H2,1-4H3. The Morgan fingerprint density at radius 1 is 0.889 bits per heavy atom. The van der Waals surface area contributed by atoms with Crippen LogP contribution in [0.3, 0.4) is 0 Å². The van der Waals surface area contributed by atoms with Crippen LogP contribution in [0.5, 0.6) is 0 Å². The third kappa shape index (κ3) is 2.08. The van der Waals surface area contributed by atoms with Crippen LogP contribution in [0.2, 0.25) is 11.1 Å². The molecule has 0 aromatic carbocycles. The Bertz CT molecular complexity index is 79.1. The molecule has 0 unspecified atom stereocenters. The predicted molar refractivity (Wildman–Crippen MR) is 44.3 cm³/mol. The molecule has 56 valence electrons. The second kappa shape index (κ2) is 2.81. The van der Waals surface area contributed by atoms with Crippen LogP contribution < -0.4 is 10.8 Å². The summed E-state index contributed by atoms with van der Waals surface area (Å²) in [5.41, 5.74) is 0.968. The zero-order valence-electron chi connectivity index (χ0n) is 6.81. The van der Waals surface area contributed by atoms with Gasteiger partial charge in [0, 0.05) is 0 Å². The van der Waals surface area contributed by atoms with E-state index in [0.717, 1.165) is 0 Å². The first-order chi connectivity index (χ1) is 3.89. The molecule has 0 rings (SSSR count). The average Bonchev–Trinajstić information content (AvgIpc) is 1.65. The van der Waals surface area contributed by atoms with Gasteiger partial charge in [-0.25, -0.2) is 0 Å². The van der Waals surface area contributed by atoms with E-state index in [4.69, 9.17) is 10.8 Å². The Morgan fingerprint density at radius 3 is 1.11 bits per heavy atom. The molecule has 0 radical (unpaired) electrons. The Kier molecular flexibility index (Phi) is 2.86. The van der Waals surface area contributed by atoms with Crippen LogP contribution in [-0.2, 0) is 0 Å². The van der Waals surface area contributed by atoms with Crippen LogP contribution in [0.4, 0.5) is 0 Å². The highest BCUT2D eigenvalue weighted by Crippen LogP contribution is 2.21. The van der Waals surface area contributed by atoms with Crippen LogP contribution >= 0.6 is 0 Å². The number of nitrogens with two attached hydrogens (primary N) is 2. The van der Waals surface area contributed by atoms with Crippen molar-refractivity contribution in [1.82, 2.24) is 0 Å². The molecule has 0 bridgehead atoms. The van der Waals surface area contributed by atoms with Gasteiger partial charge in [-0.2, -0.15) is 0 Å². The third-order valence-electron chi connectivity index (χ3n) is 2.00. The van der Waals surface area contributed by atoms with Crippen molar-refractivity contribution in [1.29, 1.82) is 0 Å². The Labute approximate surface area is 58.8 Å². The van der Waals surface area contributed by atoms with E-state index in [9.17, 15) is 0 Å². The van der Waals surface area contributed by atoms with Gasteiger partial charge >= 0.3 is 0 Å². The maximum Gasteiger partial charge on any atom is 0.201 e. The lowest BCUT2D eigenvalue weighted by atomic mass is 10.5. The van der Waals surface area contributed by atoms with Gasteiger partial charge in [0.1, 0.15) is 0 Å². The van der Waals surface area contributed by atoms with Gasteiger partial charge in [-0.3, -0.25) is 0 Å². The second-order valence-electron chi connectivity index (χ2n) is 3.31. The molecule has 0 spiro atoms. The van der Waals surface area contributed by atoms with Crippen LogP contribution in [0, 0.1) is 0 Å². The summed E-state index contributed by atoms with van der Waals surface area (Å²) in [6, 6.07) is 0. The average molecular weight is 146 g/mol. The minimum atomic E-state index is -1.86.